The quantitative estimate of drug-likeness (QED) is 0.731. The molecule has 0 fully saturated rings. The summed E-state index contributed by atoms with van der Waals surface area (Å²) in [5, 5.41) is 7.67. The summed E-state index contributed by atoms with van der Waals surface area (Å²) in [5.41, 5.74) is -0.242. The Morgan fingerprint density at radius 2 is 2.19 bits per heavy atom. The minimum atomic E-state index is -0.242. The Labute approximate surface area is 95.9 Å². The zero-order valence-electron chi connectivity index (χ0n) is 8.77. The highest BCUT2D eigenvalue weighted by Crippen LogP contribution is 2.04. The largest absolute Gasteiger partial charge is 0.424 e. The van der Waals surface area contributed by atoms with Crippen LogP contribution in [0.25, 0.3) is 0 Å². The summed E-state index contributed by atoms with van der Waals surface area (Å²) in [6.07, 6.45) is 0. The van der Waals surface area contributed by atoms with Crippen molar-refractivity contribution in [3.8, 4) is 0 Å². The van der Waals surface area contributed by atoms with E-state index in [1.165, 1.54) is 10.6 Å². The second kappa shape index (κ2) is 4.05. The maximum atomic E-state index is 11.6. The number of rotatable bonds is 2. The Bertz CT molecular complexity index is 575. The molecule has 0 unspecified atom stereocenters. The second-order valence-electron chi connectivity index (χ2n) is 3.27. The van der Waals surface area contributed by atoms with Gasteiger partial charge >= 0.3 is 0 Å². The van der Waals surface area contributed by atoms with Crippen LogP contribution in [0, 0.1) is 13.8 Å². The number of nitrogens with zero attached hydrogens (tertiary/aromatic N) is 4. The monoisotopic (exact) mass is 240 g/mol. The maximum absolute atomic E-state index is 11.6. The van der Waals surface area contributed by atoms with Gasteiger partial charge in [-0.1, -0.05) is 11.6 Å². The molecule has 0 atom stereocenters. The predicted molar refractivity (Wildman–Crippen MR) is 56.4 cm³/mol. The summed E-state index contributed by atoms with van der Waals surface area (Å²) in [7, 11) is 0. The van der Waals surface area contributed by atoms with Gasteiger partial charge in [0, 0.05) is 13.0 Å². The summed E-state index contributed by atoms with van der Waals surface area (Å²) >= 11 is 5.65. The molecule has 2 aromatic heterocycles. The number of hydrogen-bond donors (Lipinski definition) is 0. The molecular formula is C9H9ClN4O2. The molecule has 0 saturated carbocycles. The van der Waals surface area contributed by atoms with Crippen LogP contribution in [0.3, 0.4) is 0 Å². The van der Waals surface area contributed by atoms with E-state index in [1.807, 2.05) is 0 Å². The first-order chi connectivity index (χ1) is 7.56. The molecule has 2 rings (SSSR count). The first-order valence-corrected chi connectivity index (χ1v) is 4.97. The van der Waals surface area contributed by atoms with Crippen LogP contribution < -0.4 is 5.56 Å². The van der Waals surface area contributed by atoms with Crippen LogP contribution >= 0.6 is 11.6 Å². The average molecular weight is 241 g/mol. The Morgan fingerprint density at radius 3 is 2.75 bits per heavy atom. The number of aryl methyl sites for hydroxylation is 2. The third kappa shape index (κ3) is 2.11. The van der Waals surface area contributed by atoms with Crippen LogP contribution in [0.2, 0.25) is 5.15 Å². The zero-order chi connectivity index (χ0) is 11.7. The molecule has 6 nitrogen and oxygen atoms in total. The highest BCUT2D eigenvalue weighted by atomic mass is 35.5. The third-order valence-electron chi connectivity index (χ3n) is 2.03. The topological polar surface area (TPSA) is 73.8 Å². The van der Waals surface area contributed by atoms with E-state index in [0.29, 0.717) is 17.6 Å². The van der Waals surface area contributed by atoms with E-state index in [4.69, 9.17) is 16.0 Å². The van der Waals surface area contributed by atoms with Crippen molar-refractivity contribution < 1.29 is 4.42 Å². The van der Waals surface area contributed by atoms with Gasteiger partial charge in [-0.05, 0) is 6.92 Å². The van der Waals surface area contributed by atoms with Gasteiger partial charge in [-0.15, -0.1) is 10.2 Å². The first-order valence-electron chi connectivity index (χ1n) is 4.59. The van der Waals surface area contributed by atoms with Crippen molar-refractivity contribution >= 4 is 11.6 Å². The van der Waals surface area contributed by atoms with Gasteiger partial charge in [0.2, 0.25) is 11.8 Å². The number of aromatic nitrogens is 4. The van der Waals surface area contributed by atoms with E-state index >= 15 is 0 Å². The summed E-state index contributed by atoms with van der Waals surface area (Å²) in [4.78, 5) is 15.6. The molecule has 0 radical (unpaired) electrons. The minimum absolute atomic E-state index is 0.181. The van der Waals surface area contributed by atoms with E-state index in [2.05, 4.69) is 15.2 Å². The first kappa shape index (κ1) is 10.8. The van der Waals surface area contributed by atoms with Gasteiger partial charge in [-0.2, -0.15) is 0 Å². The van der Waals surface area contributed by atoms with Crippen molar-refractivity contribution in [3.05, 3.63) is 39.2 Å². The van der Waals surface area contributed by atoms with Crippen LogP contribution in [0.15, 0.2) is 15.3 Å². The molecule has 0 aromatic carbocycles. The Morgan fingerprint density at radius 1 is 1.44 bits per heavy atom. The van der Waals surface area contributed by atoms with E-state index in [1.54, 1.807) is 13.8 Å². The summed E-state index contributed by atoms with van der Waals surface area (Å²) in [6.45, 7) is 3.58. The van der Waals surface area contributed by atoms with Gasteiger partial charge in [-0.25, -0.2) is 4.98 Å². The highest BCUT2D eigenvalue weighted by Gasteiger charge is 2.08. The Hall–Kier alpha value is -1.69. The van der Waals surface area contributed by atoms with Crippen LogP contribution in [-0.4, -0.2) is 19.7 Å². The molecule has 7 heteroatoms. The normalized spacial score (nSPS) is 10.7. The van der Waals surface area contributed by atoms with Gasteiger partial charge in [0.1, 0.15) is 17.5 Å². The predicted octanol–water partition coefficient (Wildman–Crippen LogP) is 0.945. The average Bonchev–Trinajstić information content (AvgIpc) is 2.58. The maximum Gasteiger partial charge on any atom is 0.255 e. The van der Waals surface area contributed by atoms with E-state index in [9.17, 15) is 4.79 Å². The fraction of sp³-hybridized carbons (Fsp3) is 0.333. The lowest BCUT2D eigenvalue weighted by Crippen LogP contribution is -2.23. The van der Waals surface area contributed by atoms with Crippen molar-refractivity contribution in [3.63, 3.8) is 0 Å². The molecule has 0 aliphatic rings. The minimum Gasteiger partial charge on any atom is -0.424 e. The van der Waals surface area contributed by atoms with Crippen molar-refractivity contribution in [2.75, 3.05) is 0 Å². The molecule has 2 aromatic rings. The lowest BCUT2D eigenvalue weighted by Gasteiger charge is -2.05. The van der Waals surface area contributed by atoms with E-state index in [-0.39, 0.29) is 17.3 Å². The van der Waals surface area contributed by atoms with Crippen molar-refractivity contribution in [1.29, 1.82) is 0 Å². The molecule has 0 aliphatic heterocycles. The Kier molecular flexibility index (Phi) is 2.74. The second-order valence-corrected chi connectivity index (χ2v) is 3.65. The summed E-state index contributed by atoms with van der Waals surface area (Å²) in [6, 6.07) is 1.25. The molecule has 0 aliphatic carbocycles. The van der Waals surface area contributed by atoms with Crippen molar-refractivity contribution in [1.82, 2.24) is 19.7 Å². The molecule has 0 bridgehead atoms. The van der Waals surface area contributed by atoms with Crippen LogP contribution in [0.4, 0.5) is 0 Å². The highest BCUT2D eigenvalue weighted by molar-refractivity contribution is 6.29. The third-order valence-corrected chi connectivity index (χ3v) is 2.22. The fourth-order valence-corrected chi connectivity index (χ4v) is 1.53. The Balaban J connectivity index is 2.38. The van der Waals surface area contributed by atoms with Crippen LogP contribution in [0.1, 0.15) is 17.6 Å². The molecular weight excluding hydrogens is 232 g/mol. The molecule has 0 spiro atoms. The molecule has 2 heterocycles. The van der Waals surface area contributed by atoms with E-state index < -0.39 is 0 Å². The zero-order valence-corrected chi connectivity index (χ0v) is 9.52. The fourth-order valence-electron chi connectivity index (χ4n) is 1.32. The SMILES string of the molecule is Cc1nnc(Cn2c(C)nc(Cl)cc2=O)o1. The van der Waals surface area contributed by atoms with Gasteiger partial charge in [0.05, 0.1) is 0 Å². The molecule has 0 amide bonds. The molecule has 0 N–H and O–H groups in total. The van der Waals surface area contributed by atoms with Gasteiger partial charge < -0.3 is 4.42 Å². The molecule has 0 saturated heterocycles. The standard InChI is InChI=1S/C9H9ClN4O2/c1-5-11-7(10)3-9(15)14(5)4-8-13-12-6(2)16-8/h3H,4H2,1-2H3. The molecule has 84 valence electrons. The number of halogens is 1. The van der Waals surface area contributed by atoms with Crippen LogP contribution in [0.5, 0.6) is 0 Å². The van der Waals surface area contributed by atoms with Crippen molar-refractivity contribution in [2.45, 2.75) is 20.4 Å². The van der Waals surface area contributed by atoms with Crippen molar-refractivity contribution in [2.24, 2.45) is 0 Å². The van der Waals surface area contributed by atoms with Crippen LogP contribution in [-0.2, 0) is 6.54 Å². The lowest BCUT2D eigenvalue weighted by atomic mass is 10.5. The lowest BCUT2D eigenvalue weighted by molar-refractivity contribution is 0.447. The van der Waals surface area contributed by atoms with E-state index in [0.717, 1.165) is 0 Å². The summed E-state index contributed by atoms with van der Waals surface area (Å²) < 4.78 is 6.60. The van der Waals surface area contributed by atoms with Gasteiger partial charge in [-0.3, -0.25) is 9.36 Å². The summed E-state index contributed by atoms with van der Waals surface area (Å²) in [5.74, 6) is 1.34. The van der Waals surface area contributed by atoms with Gasteiger partial charge in [0.25, 0.3) is 5.56 Å². The molecule has 16 heavy (non-hydrogen) atoms. The van der Waals surface area contributed by atoms with Gasteiger partial charge in [0.15, 0.2) is 0 Å². The number of hydrogen-bond acceptors (Lipinski definition) is 5. The smallest absolute Gasteiger partial charge is 0.255 e.